The number of nitro benzene ring substituents is 2. The van der Waals surface area contributed by atoms with Crippen LogP contribution >= 0.6 is 0 Å². The molecule has 2 aliphatic rings. The summed E-state index contributed by atoms with van der Waals surface area (Å²) < 4.78 is 11.5. The lowest BCUT2D eigenvalue weighted by Crippen LogP contribution is -2.36. The van der Waals surface area contributed by atoms with Crippen molar-refractivity contribution in [2.75, 3.05) is 19.0 Å². The molecule has 0 radical (unpaired) electrons. The quantitative estimate of drug-likeness (QED) is 0.621. The van der Waals surface area contributed by atoms with Gasteiger partial charge in [0.05, 0.1) is 29.1 Å². The number of methoxy groups -OCH3 is 1. The SMILES string of the molecule is COc1ccc([N+](=O)[O-])cc1[C@@H]1Nc2ccc([N+](=O)[O-])cc2[C@@H]2OCCC[C@H]12. The lowest BCUT2D eigenvalue weighted by atomic mass is 9.77. The number of hydrogen-bond donors (Lipinski definition) is 1. The molecule has 0 amide bonds. The highest BCUT2D eigenvalue weighted by molar-refractivity contribution is 5.62. The zero-order valence-electron chi connectivity index (χ0n) is 15.2. The molecule has 3 atom stereocenters. The second-order valence-electron chi connectivity index (χ2n) is 6.93. The summed E-state index contributed by atoms with van der Waals surface area (Å²) in [4.78, 5) is 21.6. The first-order valence-electron chi connectivity index (χ1n) is 8.98. The molecule has 0 saturated carbocycles. The summed E-state index contributed by atoms with van der Waals surface area (Å²) in [6.45, 7) is 0.572. The number of nitro groups is 2. The number of nitrogens with zero attached hydrogens (tertiary/aromatic N) is 2. The molecular weight excluding hydrogens is 366 g/mol. The normalized spacial score (nSPS) is 23.1. The number of non-ortho nitro benzene ring substituents is 2. The van der Waals surface area contributed by atoms with Gasteiger partial charge in [-0.3, -0.25) is 20.2 Å². The van der Waals surface area contributed by atoms with Gasteiger partial charge < -0.3 is 14.8 Å². The highest BCUT2D eigenvalue weighted by atomic mass is 16.6. The summed E-state index contributed by atoms with van der Waals surface area (Å²) in [6.07, 6.45) is 1.36. The van der Waals surface area contributed by atoms with E-state index in [2.05, 4.69) is 5.32 Å². The van der Waals surface area contributed by atoms with E-state index in [0.717, 1.165) is 24.1 Å². The van der Waals surface area contributed by atoms with Crippen LogP contribution in [0.4, 0.5) is 17.1 Å². The highest BCUT2D eigenvalue weighted by Gasteiger charge is 2.41. The van der Waals surface area contributed by atoms with Gasteiger partial charge in [-0.25, -0.2) is 0 Å². The van der Waals surface area contributed by atoms with Crippen LogP contribution in [0.3, 0.4) is 0 Å². The molecule has 1 N–H and O–H groups in total. The van der Waals surface area contributed by atoms with Gasteiger partial charge in [-0.05, 0) is 25.0 Å². The summed E-state index contributed by atoms with van der Waals surface area (Å²) in [5.74, 6) is 0.525. The van der Waals surface area contributed by atoms with Crippen molar-refractivity contribution in [3.8, 4) is 5.75 Å². The summed E-state index contributed by atoms with van der Waals surface area (Å²) in [5, 5.41) is 25.9. The number of ether oxygens (including phenoxy) is 2. The zero-order chi connectivity index (χ0) is 19.8. The molecule has 2 heterocycles. The van der Waals surface area contributed by atoms with Gasteiger partial charge in [0.25, 0.3) is 11.4 Å². The topological polar surface area (TPSA) is 117 Å². The fourth-order valence-corrected chi connectivity index (χ4v) is 4.16. The molecule has 0 bridgehead atoms. The number of anilines is 1. The lowest BCUT2D eigenvalue weighted by Gasteiger charge is -2.43. The van der Waals surface area contributed by atoms with Gasteiger partial charge in [0, 0.05) is 53.6 Å². The maximum atomic E-state index is 11.3. The molecule has 0 aromatic heterocycles. The van der Waals surface area contributed by atoms with Crippen LogP contribution in [-0.4, -0.2) is 23.6 Å². The molecule has 2 aliphatic heterocycles. The molecule has 0 unspecified atom stereocenters. The molecule has 2 aromatic carbocycles. The molecule has 1 saturated heterocycles. The summed E-state index contributed by atoms with van der Waals surface area (Å²) in [6, 6.07) is 8.92. The first-order chi connectivity index (χ1) is 13.5. The third-order valence-corrected chi connectivity index (χ3v) is 5.42. The van der Waals surface area contributed by atoms with Crippen molar-refractivity contribution in [3.63, 3.8) is 0 Å². The fraction of sp³-hybridized carbons (Fsp3) is 0.368. The average Bonchev–Trinajstić information content (AvgIpc) is 2.72. The van der Waals surface area contributed by atoms with Crippen molar-refractivity contribution in [3.05, 3.63) is 67.8 Å². The maximum Gasteiger partial charge on any atom is 0.270 e. The Morgan fingerprint density at radius 1 is 1.07 bits per heavy atom. The third-order valence-electron chi connectivity index (χ3n) is 5.42. The molecule has 28 heavy (non-hydrogen) atoms. The molecule has 146 valence electrons. The monoisotopic (exact) mass is 385 g/mol. The van der Waals surface area contributed by atoms with Gasteiger partial charge in [-0.1, -0.05) is 0 Å². The molecule has 2 aromatic rings. The highest BCUT2D eigenvalue weighted by Crippen LogP contribution is 2.51. The van der Waals surface area contributed by atoms with Crippen LogP contribution in [0.15, 0.2) is 36.4 Å². The Hall–Kier alpha value is -3.20. The average molecular weight is 385 g/mol. The standard InChI is InChI=1S/C19H19N3O6/c1-27-17-7-5-12(22(25)26)10-15(17)18-13-3-2-8-28-19(13)14-9-11(21(23)24)4-6-16(14)20-18/h4-7,9-10,13,18-20H,2-3,8H2,1H3/t13-,18-,19-/m1/s1. The van der Waals surface area contributed by atoms with Crippen LogP contribution in [0.2, 0.25) is 0 Å². The number of rotatable bonds is 4. The van der Waals surface area contributed by atoms with Crippen LogP contribution in [0.5, 0.6) is 5.75 Å². The van der Waals surface area contributed by atoms with Gasteiger partial charge in [0.15, 0.2) is 0 Å². The Labute approximate surface area is 160 Å². The Morgan fingerprint density at radius 2 is 1.75 bits per heavy atom. The number of fused-ring (bicyclic) bond motifs is 3. The van der Waals surface area contributed by atoms with E-state index < -0.39 is 9.85 Å². The lowest BCUT2D eigenvalue weighted by molar-refractivity contribution is -0.385. The van der Waals surface area contributed by atoms with E-state index in [0.29, 0.717) is 17.9 Å². The van der Waals surface area contributed by atoms with Crippen LogP contribution in [0, 0.1) is 26.1 Å². The number of benzene rings is 2. The van der Waals surface area contributed by atoms with E-state index in [9.17, 15) is 20.2 Å². The minimum absolute atomic E-state index is 0.0135. The van der Waals surface area contributed by atoms with Gasteiger partial charge in [0.1, 0.15) is 5.75 Å². The Bertz CT molecular complexity index is 947. The zero-order valence-corrected chi connectivity index (χ0v) is 15.2. The van der Waals surface area contributed by atoms with Gasteiger partial charge >= 0.3 is 0 Å². The number of hydrogen-bond acceptors (Lipinski definition) is 7. The van der Waals surface area contributed by atoms with E-state index in [1.807, 2.05) is 0 Å². The fourth-order valence-electron chi connectivity index (χ4n) is 4.16. The third kappa shape index (κ3) is 3.03. The maximum absolute atomic E-state index is 11.3. The summed E-state index contributed by atoms with van der Waals surface area (Å²) in [5.41, 5.74) is 2.16. The van der Waals surface area contributed by atoms with Crippen molar-refractivity contribution in [2.24, 2.45) is 5.92 Å². The molecule has 0 spiro atoms. The van der Waals surface area contributed by atoms with Crippen LogP contribution in [0.25, 0.3) is 0 Å². The molecule has 9 nitrogen and oxygen atoms in total. The van der Waals surface area contributed by atoms with Crippen molar-refractivity contribution < 1.29 is 19.3 Å². The van der Waals surface area contributed by atoms with Crippen molar-refractivity contribution in [1.29, 1.82) is 0 Å². The first-order valence-corrected chi connectivity index (χ1v) is 8.98. The van der Waals surface area contributed by atoms with Crippen LogP contribution in [0.1, 0.15) is 36.1 Å². The van der Waals surface area contributed by atoms with E-state index >= 15 is 0 Å². The van der Waals surface area contributed by atoms with Gasteiger partial charge in [-0.15, -0.1) is 0 Å². The van der Waals surface area contributed by atoms with Crippen molar-refractivity contribution >= 4 is 17.1 Å². The van der Waals surface area contributed by atoms with E-state index in [1.54, 1.807) is 18.2 Å². The molecule has 1 fully saturated rings. The molecule has 9 heteroatoms. The van der Waals surface area contributed by atoms with E-state index in [1.165, 1.54) is 25.3 Å². The first kappa shape index (κ1) is 18.2. The molecular formula is C19H19N3O6. The predicted octanol–water partition coefficient (Wildman–Crippen LogP) is 4.15. The summed E-state index contributed by atoms with van der Waals surface area (Å²) >= 11 is 0. The summed E-state index contributed by atoms with van der Waals surface area (Å²) in [7, 11) is 1.53. The van der Waals surface area contributed by atoms with Crippen LogP contribution < -0.4 is 10.1 Å². The Balaban J connectivity index is 1.82. The van der Waals surface area contributed by atoms with E-state index in [4.69, 9.17) is 9.47 Å². The van der Waals surface area contributed by atoms with Gasteiger partial charge in [0.2, 0.25) is 0 Å². The number of nitrogens with one attached hydrogen (secondary N) is 1. The Morgan fingerprint density at radius 3 is 2.43 bits per heavy atom. The molecule has 0 aliphatic carbocycles. The largest absolute Gasteiger partial charge is 0.496 e. The molecule has 4 rings (SSSR count). The van der Waals surface area contributed by atoms with Crippen LogP contribution in [-0.2, 0) is 4.74 Å². The van der Waals surface area contributed by atoms with E-state index in [-0.39, 0.29) is 29.4 Å². The predicted molar refractivity (Wildman–Crippen MR) is 101 cm³/mol. The second kappa shape index (κ2) is 7.08. The van der Waals surface area contributed by atoms with Crippen molar-refractivity contribution in [1.82, 2.24) is 0 Å². The second-order valence-corrected chi connectivity index (χ2v) is 6.93. The smallest absolute Gasteiger partial charge is 0.270 e. The Kier molecular flexibility index (Phi) is 4.60. The minimum atomic E-state index is -0.433. The minimum Gasteiger partial charge on any atom is -0.496 e. The van der Waals surface area contributed by atoms with Crippen molar-refractivity contribution in [2.45, 2.75) is 25.0 Å². The van der Waals surface area contributed by atoms with Gasteiger partial charge in [-0.2, -0.15) is 0 Å².